The van der Waals surface area contributed by atoms with Crippen molar-refractivity contribution in [3.63, 3.8) is 0 Å². The minimum Gasteiger partial charge on any atom is -0.443 e. The van der Waals surface area contributed by atoms with Crippen molar-refractivity contribution in [1.29, 1.82) is 0 Å². The number of fused-ring (bicyclic) bond motifs is 4. The number of aromatic amines is 1. The molecule has 0 saturated carbocycles. The Bertz CT molecular complexity index is 1300. The molecular weight excluding hydrogens is 464 g/mol. The number of nitrogens with one attached hydrogen (secondary N) is 1. The highest BCUT2D eigenvalue weighted by Gasteiger charge is 2.42. The van der Waals surface area contributed by atoms with Crippen molar-refractivity contribution in [2.75, 3.05) is 43.5 Å². The number of aromatic nitrogens is 2. The Hall–Kier alpha value is -2.65. The number of ether oxygens (including phenoxy) is 1. The van der Waals surface area contributed by atoms with E-state index in [-0.39, 0.29) is 22.6 Å². The number of nitrogens with zero attached hydrogens (tertiary/aromatic N) is 4. The van der Waals surface area contributed by atoms with Crippen LogP contribution in [0.1, 0.15) is 27.2 Å². The van der Waals surface area contributed by atoms with Crippen LogP contribution < -0.4 is 9.80 Å². The number of likely N-dealkylation sites (N-methyl/N-ethyl adjacent to an activating group) is 1. The number of benzene rings is 1. The highest BCUT2D eigenvalue weighted by molar-refractivity contribution is 6.36. The van der Waals surface area contributed by atoms with Gasteiger partial charge in [-0.2, -0.15) is 0 Å². The van der Waals surface area contributed by atoms with Gasteiger partial charge in [0.25, 0.3) is 0 Å². The number of amides is 1. The Balaban J connectivity index is 1.72. The molecule has 34 heavy (non-hydrogen) atoms. The third-order valence-electron chi connectivity index (χ3n) is 6.75. The molecule has 2 aliphatic rings. The van der Waals surface area contributed by atoms with Crippen LogP contribution in [0, 0.1) is 17.6 Å². The zero-order valence-electron chi connectivity index (χ0n) is 19.9. The molecule has 0 aliphatic carbocycles. The van der Waals surface area contributed by atoms with Gasteiger partial charge in [0.2, 0.25) is 0 Å². The number of carbonyl (C=O) groups is 1. The molecule has 182 valence electrons. The molecule has 0 bridgehead atoms. The molecule has 7 nitrogen and oxygen atoms in total. The van der Waals surface area contributed by atoms with Crippen molar-refractivity contribution in [2.24, 2.45) is 5.92 Å². The van der Waals surface area contributed by atoms with Crippen LogP contribution in [-0.4, -0.2) is 66.3 Å². The molecule has 2 fully saturated rings. The fourth-order valence-electron chi connectivity index (χ4n) is 5.33. The summed E-state index contributed by atoms with van der Waals surface area (Å²) in [5.74, 6) is -1.58. The molecule has 1 amide bonds. The zero-order valence-corrected chi connectivity index (χ0v) is 20.6. The summed E-state index contributed by atoms with van der Waals surface area (Å²) in [6.45, 7) is 7.86. The number of halogens is 3. The molecule has 1 aromatic carbocycles. The topological polar surface area (TPSA) is 64.7 Å². The SMILES string of the molecule is CN1C[C@H]2CCN(c3c(Cl)cnc4[nH]c5c(N(C)C(=O)OC(C)(C)C)cc(F)c(F)c5c34)[C@H]2C1. The van der Waals surface area contributed by atoms with E-state index in [2.05, 4.69) is 26.8 Å². The zero-order chi connectivity index (χ0) is 24.5. The normalized spacial score (nSPS) is 21.0. The van der Waals surface area contributed by atoms with Crippen LogP contribution >= 0.6 is 11.6 Å². The van der Waals surface area contributed by atoms with Gasteiger partial charge in [-0.25, -0.2) is 18.6 Å². The first kappa shape index (κ1) is 23.1. The molecule has 2 atom stereocenters. The molecule has 0 spiro atoms. The van der Waals surface area contributed by atoms with Gasteiger partial charge in [-0.1, -0.05) is 11.6 Å². The van der Waals surface area contributed by atoms with Crippen LogP contribution in [0.2, 0.25) is 5.02 Å². The van der Waals surface area contributed by atoms with E-state index in [0.29, 0.717) is 27.7 Å². The average Bonchev–Trinajstić information content (AvgIpc) is 3.41. The number of carbonyl (C=O) groups excluding carboxylic acids is 1. The summed E-state index contributed by atoms with van der Waals surface area (Å²) >= 11 is 6.65. The van der Waals surface area contributed by atoms with Gasteiger partial charge in [0.1, 0.15) is 11.2 Å². The second-order valence-corrected chi connectivity index (χ2v) is 10.7. The smallest absolute Gasteiger partial charge is 0.414 e. The molecule has 0 radical (unpaired) electrons. The van der Waals surface area contributed by atoms with Crippen LogP contribution in [0.4, 0.5) is 25.0 Å². The van der Waals surface area contributed by atoms with E-state index < -0.39 is 23.3 Å². The molecule has 2 aromatic heterocycles. The molecule has 5 rings (SSSR count). The van der Waals surface area contributed by atoms with Crippen molar-refractivity contribution in [2.45, 2.75) is 38.8 Å². The summed E-state index contributed by atoms with van der Waals surface area (Å²) in [5, 5.41) is 0.836. The van der Waals surface area contributed by atoms with Gasteiger partial charge in [0.05, 0.1) is 38.9 Å². The summed E-state index contributed by atoms with van der Waals surface area (Å²) in [7, 11) is 3.55. The molecular formula is C24H28ClF2N5O2. The lowest BCUT2D eigenvalue weighted by atomic mass is 10.0. The number of hydrogen-bond acceptors (Lipinski definition) is 5. The molecule has 4 heterocycles. The summed E-state index contributed by atoms with van der Waals surface area (Å²) in [4.78, 5) is 25.9. The predicted octanol–water partition coefficient (Wildman–Crippen LogP) is 5.16. The van der Waals surface area contributed by atoms with E-state index in [1.54, 1.807) is 20.8 Å². The first-order valence-electron chi connectivity index (χ1n) is 11.4. The van der Waals surface area contributed by atoms with Crippen molar-refractivity contribution >= 4 is 51.0 Å². The Morgan fingerprint density at radius 1 is 1.29 bits per heavy atom. The van der Waals surface area contributed by atoms with Gasteiger partial charge in [0, 0.05) is 38.8 Å². The average molecular weight is 492 g/mol. The number of anilines is 2. The van der Waals surface area contributed by atoms with Crippen molar-refractivity contribution in [1.82, 2.24) is 14.9 Å². The second kappa shape index (κ2) is 7.95. The lowest BCUT2D eigenvalue weighted by molar-refractivity contribution is 0.0589. The van der Waals surface area contributed by atoms with Gasteiger partial charge >= 0.3 is 6.09 Å². The van der Waals surface area contributed by atoms with Crippen LogP contribution in [0.15, 0.2) is 12.3 Å². The maximum atomic E-state index is 15.4. The third kappa shape index (κ3) is 3.65. The van der Waals surface area contributed by atoms with Crippen molar-refractivity contribution in [3.05, 3.63) is 28.9 Å². The van der Waals surface area contributed by atoms with E-state index in [4.69, 9.17) is 16.3 Å². The first-order valence-corrected chi connectivity index (χ1v) is 11.7. The number of rotatable bonds is 2. The van der Waals surface area contributed by atoms with Gasteiger partial charge in [-0.15, -0.1) is 0 Å². The number of H-pyrrole nitrogens is 1. The number of likely N-dealkylation sites (tertiary alicyclic amines) is 1. The molecule has 3 aromatic rings. The van der Waals surface area contributed by atoms with Crippen LogP contribution in [0.3, 0.4) is 0 Å². The molecule has 2 aliphatic heterocycles. The Morgan fingerprint density at radius 2 is 2.03 bits per heavy atom. The fourth-order valence-corrected chi connectivity index (χ4v) is 5.58. The minimum atomic E-state index is -1.07. The van der Waals surface area contributed by atoms with E-state index in [0.717, 1.165) is 32.1 Å². The van der Waals surface area contributed by atoms with Gasteiger partial charge in [0.15, 0.2) is 11.6 Å². The Kier molecular flexibility index (Phi) is 5.40. The highest BCUT2D eigenvalue weighted by atomic mass is 35.5. The second-order valence-electron chi connectivity index (χ2n) is 10.3. The first-order chi connectivity index (χ1) is 16.0. The molecule has 0 unspecified atom stereocenters. The molecule has 2 saturated heterocycles. The quantitative estimate of drug-likeness (QED) is 0.536. The fraction of sp³-hybridized carbons (Fsp3) is 0.500. The predicted molar refractivity (Wildman–Crippen MR) is 130 cm³/mol. The summed E-state index contributed by atoms with van der Waals surface area (Å²) in [6, 6.07) is 1.23. The third-order valence-corrected chi connectivity index (χ3v) is 7.02. The maximum Gasteiger partial charge on any atom is 0.414 e. The van der Waals surface area contributed by atoms with Crippen LogP contribution in [0.5, 0.6) is 0 Å². The summed E-state index contributed by atoms with van der Waals surface area (Å²) in [5.41, 5.74) is 0.705. The number of hydrogen-bond donors (Lipinski definition) is 1. The minimum absolute atomic E-state index is 0.0280. The van der Waals surface area contributed by atoms with E-state index >= 15 is 4.39 Å². The summed E-state index contributed by atoms with van der Waals surface area (Å²) in [6.07, 6.45) is 1.86. The Morgan fingerprint density at radius 3 is 2.74 bits per heavy atom. The standard InChI is InChI=1S/C24H28ClF2N5O2/c1-24(2,3)34-23(33)31(5)15-8-14(26)19(27)17-18-21(13(25)9-28-22(18)29-20(15)17)32-7-6-12-10-30(4)11-16(12)32/h8-9,12,16H,6-7,10-11H2,1-5H3,(H,28,29)/t12-,16+/m1/s1. The lowest BCUT2D eigenvalue weighted by Crippen LogP contribution is -2.34. The van der Waals surface area contributed by atoms with Gasteiger partial charge in [-0.3, -0.25) is 4.90 Å². The van der Waals surface area contributed by atoms with Crippen molar-refractivity contribution in [3.8, 4) is 0 Å². The van der Waals surface area contributed by atoms with E-state index in [1.807, 2.05) is 0 Å². The van der Waals surface area contributed by atoms with E-state index in [1.165, 1.54) is 18.1 Å². The monoisotopic (exact) mass is 491 g/mol. The van der Waals surface area contributed by atoms with E-state index in [9.17, 15) is 9.18 Å². The lowest BCUT2D eigenvalue weighted by Gasteiger charge is -2.28. The van der Waals surface area contributed by atoms with Crippen LogP contribution in [-0.2, 0) is 4.74 Å². The largest absolute Gasteiger partial charge is 0.443 e. The molecule has 10 heteroatoms. The van der Waals surface area contributed by atoms with Gasteiger partial charge < -0.3 is 19.5 Å². The summed E-state index contributed by atoms with van der Waals surface area (Å²) < 4.78 is 35.7. The highest BCUT2D eigenvalue weighted by Crippen LogP contribution is 2.45. The van der Waals surface area contributed by atoms with Gasteiger partial charge in [-0.05, 0) is 40.2 Å². The molecule has 1 N–H and O–H groups in total. The Labute approximate surface area is 201 Å². The number of pyridine rings is 1. The maximum absolute atomic E-state index is 15.4. The van der Waals surface area contributed by atoms with Crippen LogP contribution in [0.25, 0.3) is 21.9 Å². The van der Waals surface area contributed by atoms with Crippen molar-refractivity contribution < 1.29 is 18.3 Å².